The Kier molecular flexibility index (Phi) is 68.5. The van der Waals surface area contributed by atoms with Crippen molar-refractivity contribution in [3.8, 4) is 0 Å². The van der Waals surface area contributed by atoms with E-state index >= 15 is 0 Å². The average molecular weight is 1490 g/mol. The van der Waals surface area contributed by atoms with E-state index in [0.717, 1.165) is 103 Å². The molecular weight excluding hydrogens is 1330 g/mol. The predicted molar refractivity (Wildman–Crippen MR) is 442 cm³/mol. The molecule has 106 heavy (non-hydrogen) atoms. The van der Waals surface area contributed by atoms with Gasteiger partial charge >= 0.3 is 0 Å². The lowest BCUT2D eigenvalue weighted by molar-refractivity contribution is -0.359. The number of unbranched alkanes of at least 4 members (excludes halogenated alkanes) is 39. The van der Waals surface area contributed by atoms with Gasteiger partial charge in [-0.2, -0.15) is 0 Å². The lowest BCUT2D eigenvalue weighted by Gasteiger charge is -2.46. The Morgan fingerprint density at radius 1 is 0.349 bits per heavy atom. The van der Waals surface area contributed by atoms with Gasteiger partial charge in [0, 0.05) is 6.42 Å². The predicted octanol–water partition coefficient (Wildman–Crippen LogP) is 20.9. The van der Waals surface area contributed by atoms with Crippen LogP contribution < -0.4 is 5.32 Å². The molecule has 14 heteroatoms. The van der Waals surface area contributed by atoms with Gasteiger partial charge < -0.3 is 65.1 Å². The summed E-state index contributed by atoms with van der Waals surface area (Å²) in [5.74, 6) is -0.255. The first-order valence-corrected chi connectivity index (χ1v) is 43.4. The lowest BCUT2D eigenvalue weighted by atomic mass is 9.97. The number of rotatable bonds is 72. The van der Waals surface area contributed by atoms with E-state index in [1.54, 1.807) is 6.08 Å². The molecule has 610 valence electrons. The first-order valence-electron chi connectivity index (χ1n) is 43.4. The third-order valence-electron chi connectivity index (χ3n) is 20.3. The van der Waals surface area contributed by atoms with E-state index in [4.69, 9.17) is 18.9 Å². The molecule has 2 aliphatic rings. The molecule has 0 aliphatic carbocycles. The molecule has 2 rings (SSSR count). The van der Waals surface area contributed by atoms with Crippen LogP contribution in [0.1, 0.15) is 348 Å². The first kappa shape index (κ1) is 98.2. The third-order valence-corrected chi connectivity index (χ3v) is 20.3. The van der Waals surface area contributed by atoms with Crippen molar-refractivity contribution < 1.29 is 64.6 Å². The van der Waals surface area contributed by atoms with Crippen LogP contribution >= 0.6 is 0 Å². The lowest BCUT2D eigenvalue weighted by Crippen LogP contribution is -2.65. The summed E-state index contributed by atoms with van der Waals surface area (Å²) >= 11 is 0. The Morgan fingerprint density at radius 3 is 1.04 bits per heavy atom. The van der Waals surface area contributed by atoms with Gasteiger partial charge in [0.1, 0.15) is 48.8 Å². The maximum atomic E-state index is 13.4. The molecule has 12 atom stereocenters. The summed E-state index contributed by atoms with van der Waals surface area (Å²) in [4.78, 5) is 13.4. The molecule has 0 bridgehead atoms. The van der Waals surface area contributed by atoms with Crippen molar-refractivity contribution in [2.75, 3.05) is 19.8 Å². The van der Waals surface area contributed by atoms with E-state index in [1.165, 1.54) is 212 Å². The number of hydrogen-bond acceptors (Lipinski definition) is 13. The highest BCUT2D eigenvalue weighted by Gasteiger charge is 2.51. The van der Waals surface area contributed by atoms with Crippen LogP contribution in [0, 0.1) is 0 Å². The number of ether oxygens (including phenoxy) is 4. The molecule has 0 aromatic carbocycles. The van der Waals surface area contributed by atoms with Crippen LogP contribution in [0.5, 0.6) is 0 Å². The van der Waals surface area contributed by atoms with Gasteiger partial charge in [-0.15, -0.1) is 0 Å². The molecule has 0 radical (unpaired) electrons. The van der Waals surface area contributed by atoms with Gasteiger partial charge in [-0.3, -0.25) is 4.79 Å². The Labute approximate surface area is 647 Å². The van der Waals surface area contributed by atoms with E-state index in [0.29, 0.717) is 12.8 Å². The number of aliphatic hydroxyl groups excluding tert-OH is 8. The van der Waals surface area contributed by atoms with Crippen molar-refractivity contribution in [1.29, 1.82) is 0 Å². The number of nitrogens with one attached hydrogen (secondary N) is 1. The van der Waals surface area contributed by atoms with Crippen LogP contribution in [0.4, 0.5) is 0 Å². The summed E-state index contributed by atoms with van der Waals surface area (Å²) in [5, 5.41) is 87.8. The fourth-order valence-electron chi connectivity index (χ4n) is 13.5. The summed E-state index contributed by atoms with van der Waals surface area (Å²) in [7, 11) is 0. The van der Waals surface area contributed by atoms with Crippen LogP contribution in [0.3, 0.4) is 0 Å². The number of carbonyl (C=O) groups is 1. The molecule has 1 amide bonds. The number of amides is 1. The average Bonchev–Trinajstić information content (AvgIpc) is 0.789. The Morgan fingerprint density at radius 2 is 0.660 bits per heavy atom. The van der Waals surface area contributed by atoms with Crippen LogP contribution in [0.15, 0.2) is 134 Å². The van der Waals surface area contributed by atoms with Gasteiger partial charge in [0.05, 0.1) is 32.0 Å². The minimum atomic E-state index is -1.80. The van der Waals surface area contributed by atoms with Crippen molar-refractivity contribution in [3.05, 3.63) is 134 Å². The number of allylic oxidation sites excluding steroid dienone is 21. The van der Waals surface area contributed by atoms with Crippen LogP contribution in [0.25, 0.3) is 0 Å². The minimum absolute atomic E-state index is 0.255. The topological polar surface area (TPSA) is 228 Å². The Hall–Kier alpha value is -3.87. The highest BCUT2D eigenvalue weighted by Crippen LogP contribution is 2.30. The smallest absolute Gasteiger partial charge is 0.220 e. The normalized spacial score (nSPS) is 22.0. The van der Waals surface area contributed by atoms with E-state index in [2.05, 4.69) is 141 Å². The molecule has 2 saturated heterocycles. The molecule has 0 aromatic heterocycles. The molecule has 2 aliphatic heterocycles. The molecule has 0 spiro atoms. The van der Waals surface area contributed by atoms with Gasteiger partial charge in [-0.1, -0.05) is 366 Å². The van der Waals surface area contributed by atoms with Crippen molar-refractivity contribution in [3.63, 3.8) is 0 Å². The molecule has 9 N–H and O–H groups in total. The maximum Gasteiger partial charge on any atom is 0.220 e. The maximum absolute atomic E-state index is 13.4. The van der Waals surface area contributed by atoms with Crippen LogP contribution in [-0.2, 0) is 23.7 Å². The molecule has 2 fully saturated rings. The first-order chi connectivity index (χ1) is 52.1. The van der Waals surface area contributed by atoms with Crippen molar-refractivity contribution in [2.45, 2.75) is 421 Å². The molecule has 12 unspecified atom stereocenters. The molecule has 0 aromatic rings. The highest BCUT2D eigenvalue weighted by atomic mass is 16.7. The van der Waals surface area contributed by atoms with E-state index in [1.807, 2.05) is 6.08 Å². The summed E-state index contributed by atoms with van der Waals surface area (Å²) in [6.45, 7) is 2.70. The van der Waals surface area contributed by atoms with Gasteiger partial charge in [0.15, 0.2) is 12.6 Å². The zero-order valence-electron chi connectivity index (χ0n) is 67.1. The molecule has 0 saturated carbocycles. The van der Waals surface area contributed by atoms with Crippen LogP contribution in [0.2, 0.25) is 0 Å². The van der Waals surface area contributed by atoms with Crippen molar-refractivity contribution in [2.24, 2.45) is 0 Å². The number of hydrogen-bond donors (Lipinski definition) is 9. The SMILES string of the molecule is CC/C=C\C/C=C\C/C=C\C/C=C\C/C=C\C/C=C\C/C=C\C/C=C\CCCCCCCCCCCCCCCCC(=O)NC(COC1OC(CO)C(OC2OC(CO)C(O)C(O)C2O)C(O)C1O)C(O)/C=C/CC/C=C/CC/C=C/CCCCCCCCCCCCCCCCCCCCCCCCC. The third kappa shape index (κ3) is 55.5. The zero-order valence-corrected chi connectivity index (χ0v) is 67.1. The molecular formula is C92H159NO13. The standard InChI is InChI=1S/C92H159NO13/c1-3-5-7-9-11-13-15-17-19-21-23-25-27-29-31-33-35-37-38-39-40-41-42-44-46-48-50-52-54-56-58-60-62-64-66-68-70-72-74-76-84(97)93-80(79-103-91-89(102)87(100)90(83(78-95)105-91)106-92-88(101)86(99)85(98)82(77-94)104-92)81(96)75-73-71-69-67-65-63-61-59-57-55-53-51-49-47-45-43-36-34-32-30-28-26-24-22-20-18-16-14-12-10-8-6-4-2/h5,7,11,13,17,19,23,25,29,31,35,37,39-40,42,44,57,59,65,67,73,75,80-83,85-92,94-96,98-102H,3-4,6,8-10,12,14-16,18,20-22,24,26-28,30,32-34,36,38,41,43,45-56,58,60-64,66,68-72,74,76-79H2,1-2H3,(H,93,97)/b7-5-,13-11-,19-17-,25-23-,31-29-,37-35-,40-39-,44-42-,59-57+,67-65+,75-73+. The van der Waals surface area contributed by atoms with E-state index in [9.17, 15) is 45.6 Å². The summed E-state index contributed by atoms with van der Waals surface area (Å²) < 4.78 is 22.9. The second-order valence-electron chi connectivity index (χ2n) is 29.9. The molecule has 14 nitrogen and oxygen atoms in total. The fraction of sp³-hybridized carbons (Fsp3) is 0.750. The zero-order chi connectivity index (χ0) is 76.5. The number of carbonyl (C=O) groups excluding carboxylic acids is 1. The summed E-state index contributed by atoms with van der Waals surface area (Å²) in [6, 6.07) is -0.949. The Balaban J connectivity index is 1.61. The largest absolute Gasteiger partial charge is 0.394 e. The summed E-state index contributed by atoms with van der Waals surface area (Å²) in [5.41, 5.74) is 0. The van der Waals surface area contributed by atoms with E-state index < -0.39 is 86.8 Å². The monoisotopic (exact) mass is 1490 g/mol. The fourth-order valence-corrected chi connectivity index (χ4v) is 13.5. The van der Waals surface area contributed by atoms with Crippen molar-refractivity contribution >= 4 is 5.91 Å². The van der Waals surface area contributed by atoms with Gasteiger partial charge in [0.25, 0.3) is 0 Å². The second kappa shape index (κ2) is 73.9. The summed E-state index contributed by atoms with van der Waals surface area (Å²) in [6.07, 6.45) is 94.1. The second-order valence-corrected chi connectivity index (χ2v) is 29.9. The molecule has 2 heterocycles. The highest BCUT2D eigenvalue weighted by molar-refractivity contribution is 5.76. The van der Waals surface area contributed by atoms with Gasteiger partial charge in [-0.25, -0.2) is 0 Å². The van der Waals surface area contributed by atoms with Gasteiger partial charge in [0.2, 0.25) is 5.91 Å². The minimum Gasteiger partial charge on any atom is -0.394 e. The van der Waals surface area contributed by atoms with Gasteiger partial charge in [-0.05, 0) is 109 Å². The van der Waals surface area contributed by atoms with Crippen LogP contribution in [-0.4, -0.2) is 140 Å². The van der Waals surface area contributed by atoms with Crippen molar-refractivity contribution in [1.82, 2.24) is 5.32 Å². The number of aliphatic hydroxyl groups is 8. The quantitative estimate of drug-likeness (QED) is 0.0204. The van der Waals surface area contributed by atoms with E-state index in [-0.39, 0.29) is 18.9 Å². The Bertz CT molecular complexity index is 2300.